The number of hydrogen-bond acceptors (Lipinski definition) is 8. The van der Waals surface area contributed by atoms with Crippen molar-refractivity contribution in [1.29, 1.82) is 0 Å². The van der Waals surface area contributed by atoms with Gasteiger partial charge < -0.3 is 23.8 Å². The maximum absolute atomic E-state index is 12.9. The summed E-state index contributed by atoms with van der Waals surface area (Å²) >= 11 is 0. The van der Waals surface area contributed by atoms with E-state index in [9.17, 15) is 9.59 Å². The lowest BCUT2D eigenvalue weighted by molar-refractivity contribution is -0.158. The van der Waals surface area contributed by atoms with E-state index in [-0.39, 0.29) is 18.8 Å². The van der Waals surface area contributed by atoms with Gasteiger partial charge in [0.05, 0.1) is 33.6 Å². The molecule has 0 spiro atoms. The van der Waals surface area contributed by atoms with Crippen molar-refractivity contribution in [2.24, 2.45) is 5.92 Å². The number of aromatic nitrogens is 1. The molecule has 40 heavy (non-hydrogen) atoms. The molecule has 0 N–H and O–H groups in total. The van der Waals surface area contributed by atoms with Crippen LogP contribution in [0.1, 0.15) is 29.3 Å². The molecule has 2 unspecified atom stereocenters. The normalized spacial score (nSPS) is 16.9. The molecule has 0 radical (unpaired) electrons. The number of methoxy groups -OCH3 is 3. The van der Waals surface area contributed by atoms with E-state index in [1.807, 2.05) is 72.8 Å². The van der Waals surface area contributed by atoms with Crippen LogP contribution in [0.3, 0.4) is 0 Å². The molecule has 1 aliphatic heterocycles. The van der Waals surface area contributed by atoms with Gasteiger partial charge in [0.2, 0.25) is 0 Å². The first kappa shape index (κ1) is 27.1. The van der Waals surface area contributed by atoms with Crippen LogP contribution in [-0.4, -0.2) is 44.7 Å². The van der Waals surface area contributed by atoms with Gasteiger partial charge in [0.15, 0.2) is 5.78 Å². The zero-order chi connectivity index (χ0) is 28.1. The Bertz CT molecular complexity index is 1440. The fourth-order valence-electron chi connectivity index (χ4n) is 4.95. The summed E-state index contributed by atoms with van der Waals surface area (Å²) in [6, 6.07) is 25.9. The van der Waals surface area contributed by atoms with Crippen molar-refractivity contribution in [2.45, 2.75) is 25.6 Å². The minimum atomic E-state index is -0.905. The van der Waals surface area contributed by atoms with Crippen LogP contribution >= 0.6 is 0 Å². The molecule has 0 amide bonds. The van der Waals surface area contributed by atoms with E-state index in [0.717, 1.165) is 39.2 Å². The van der Waals surface area contributed by atoms with Crippen LogP contribution in [0, 0.1) is 5.92 Å². The van der Waals surface area contributed by atoms with Crippen molar-refractivity contribution < 1.29 is 28.5 Å². The van der Waals surface area contributed by atoms with Gasteiger partial charge in [0, 0.05) is 24.9 Å². The van der Waals surface area contributed by atoms with Crippen LogP contribution in [0.4, 0.5) is 5.82 Å². The Morgan fingerprint density at radius 2 is 1.50 bits per heavy atom. The molecule has 1 fully saturated rings. The number of ketones is 1. The molecule has 8 heteroatoms. The second kappa shape index (κ2) is 12.2. The zero-order valence-corrected chi connectivity index (χ0v) is 22.8. The van der Waals surface area contributed by atoms with Crippen LogP contribution in [0.5, 0.6) is 11.5 Å². The maximum Gasteiger partial charge on any atom is 0.318 e. The summed E-state index contributed by atoms with van der Waals surface area (Å²) < 4.78 is 21.5. The van der Waals surface area contributed by atoms with Gasteiger partial charge in [-0.15, -0.1) is 0 Å². The topological polar surface area (TPSA) is 87.2 Å². The first-order chi connectivity index (χ1) is 19.5. The predicted octanol–water partition coefficient (Wildman–Crippen LogP) is 5.28. The summed E-state index contributed by atoms with van der Waals surface area (Å²) in [5.41, 5.74) is 2.87. The van der Waals surface area contributed by atoms with Crippen molar-refractivity contribution in [3.63, 3.8) is 0 Å². The van der Waals surface area contributed by atoms with Crippen molar-refractivity contribution in [1.82, 2.24) is 4.98 Å². The number of Topliss-reactive ketones (excluding diaryl/α,β-unsaturated/α-hetero) is 1. The zero-order valence-electron chi connectivity index (χ0n) is 22.8. The third kappa shape index (κ3) is 5.92. The Labute approximate surface area is 233 Å². The summed E-state index contributed by atoms with van der Waals surface area (Å²) in [6.07, 6.45) is -0.515. The Morgan fingerprint density at radius 3 is 2.05 bits per heavy atom. The molecule has 1 aromatic heterocycles. The average Bonchev–Trinajstić information content (AvgIpc) is 3.00. The second-order valence-corrected chi connectivity index (χ2v) is 9.71. The Morgan fingerprint density at radius 1 is 0.900 bits per heavy atom. The number of carbonyl (C=O) groups is 2. The van der Waals surface area contributed by atoms with E-state index >= 15 is 0 Å². The van der Waals surface area contributed by atoms with Gasteiger partial charge in [0.25, 0.3) is 0 Å². The highest BCUT2D eigenvalue weighted by Gasteiger charge is 2.37. The average molecular weight is 541 g/mol. The van der Waals surface area contributed by atoms with E-state index < -0.39 is 18.0 Å². The van der Waals surface area contributed by atoms with Crippen molar-refractivity contribution >= 4 is 28.3 Å². The van der Waals surface area contributed by atoms with E-state index in [1.54, 1.807) is 14.2 Å². The summed E-state index contributed by atoms with van der Waals surface area (Å²) in [5.74, 6) is 0.665. The van der Waals surface area contributed by atoms with Crippen LogP contribution in [-0.2, 0) is 32.2 Å². The molecular formula is C32H32N2O6. The van der Waals surface area contributed by atoms with Crippen molar-refractivity contribution in [3.8, 4) is 11.5 Å². The lowest BCUT2D eigenvalue weighted by atomic mass is 9.93. The third-order valence-corrected chi connectivity index (χ3v) is 7.18. The van der Waals surface area contributed by atoms with Crippen LogP contribution in [0.2, 0.25) is 0 Å². The summed E-state index contributed by atoms with van der Waals surface area (Å²) in [6.45, 7) is 1.16. The van der Waals surface area contributed by atoms with E-state index in [0.29, 0.717) is 18.8 Å². The highest BCUT2D eigenvalue weighted by molar-refractivity contribution is 6.00. The standard InChI is InChI=1S/C32H32N2O6/c1-37-24-12-8-21(9-13-24)18-34(19-22-10-14-25(38-2)15-11-22)30-16-23-6-4-5-7-26(23)31(33-30)29-17-28(35)27(20-40-29)32(36)39-3/h4-16,27,29H,17-20H2,1-3H3. The van der Waals surface area contributed by atoms with Gasteiger partial charge in [-0.1, -0.05) is 48.5 Å². The molecule has 8 nitrogen and oxygen atoms in total. The largest absolute Gasteiger partial charge is 0.497 e. The molecule has 1 saturated heterocycles. The van der Waals surface area contributed by atoms with Crippen molar-refractivity contribution in [3.05, 3.63) is 95.7 Å². The Hall–Kier alpha value is -4.43. The second-order valence-electron chi connectivity index (χ2n) is 9.71. The number of ether oxygens (including phenoxy) is 4. The number of fused-ring (bicyclic) bond motifs is 1. The third-order valence-electron chi connectivity index (χ3n) is 7.18. The molecule has 0 saturated carbocycles. The molecular weight excluding hydrogens is 508 g/mol. The predicted molar refractivity (Wildman–Crippen MR) is 151 cm³/mol. The van der Waals surface area contributed by atoms with Gasteiger partial charge in [-0.05, 0) is 46.8 Å². The van der Waals surface area contributed by atoms with Crippen molar-refractivity contribution in [2.75, 3.05) is 32.8 Å². The van der Waals surface area contributed by atoms with E-state index in [2.05, 4.69) is 11.0 Å². The highest BCUT2D eigenvalue weighted by Crippen LogP contribution is 2.35. The quantitative estimate of drug-likeness (QED) is 0.209. The molecule has 3 aromatic carbocycles. The first-order valence-electron chi connectivity index (χ1n) is 13.1. The number of hydrogen-bond donors (Lipinski definition) is 0. The lowest BCUT2D eigenvalue weighted by Crippen LogP contribution is -2.36. The fourth-order valence-corrected chi connectivity index (χ4v) is 4.95. The molecule has 4 aromatic rings. The number of benzene rings is 3. The van der Waals surface area contributed by atoms with Gasteiger partial charge in [-0.2, -0.15) is 0 Å². The fraction of sp³-hybridized carbons (Fsp3) is 0.281. The maximum atomic E-state index is 12.9. The number of pyridine rings is 1. The minimum absolute atomic E-state index is 0.0299. The summed E-state index contributed by atoms with van der Waals surface area (Å²) in [5, 5.41) is 1.90. The molecule has 2 atom stereocenters. The van der Waals surface area contributed by atoms with Crippen LogP contribution in [0.15, 0.2) is 78.9 Å². The van der Waals surface area contributed by atoms with Gasteiger partial charge in [0.1, 0.15) is 29.3 Å². The summed E-state index contributed by atoms with van der Waals surface area (Å²) in [7, 11) is 4.58. The Kier molecular flexibility index (Phi) is 8.26. The molecule has 0 bridgehead atoms. The van der Waals surface area contributed by atoms with E-state index in [4.69, 9.17) is 23.9 Å². The highest BCUT2D eigenvalue weighted by atomic mass is 16.5. The molecule has 5 rings (SSSR count). The Balaban J connectivity index is 1.53. The lowest BCUT2D eigenvalue weighted by Gasteiger charge is -2.29. The monoisotopic (exact) mass is 540 g/mol. The number of carbonyl (C=O) groups excluding carboxylic acids is 2. The number of rotatable bonds is 9. The van der Waals surface area contributed by atoms with Crippen LogP contribution < -0.4 is 14.4 Å². The van der Waals surface area contributed by atoms with Gasteiger partial charge in [-0.3, -0.25) is 9.59 Å². The van der Waals surface area contributed by atoms with E-state index in [1.165, 1.54) is 7.11 Å². The SMILES string of the molecule is COC(=O)C1COC(c2nc(N(Cc3ccc(OC)cc3)Cc3ccc(OC)cc3)cc3ccccc23)CC1=O. The minimum Gasteiger partial charge on any atom is -0.497 e. The smallest absolute Gasteiger partial charge is 0.318 e. The number of esters is 1. The molecule has 1 aliphatic rings. The molecule has 0 aliphatic carbocycles. The first-order valence-corrected chi connectivity index (χ1v) is 13.1. The van der Waals surface area contributed by atoms with Gasteiger partial charge >= 0.3 is 5.97 Å². The molecule has 206 valence electrons. The number of anilines is 1. The van der Waals surface area contributed by atoms with Crippen LogP contribution in [0.25, 0.3) is 10.8 Å². The molecule has 2 heterocycles. The number of nitrogens with zero attached hydrogens (tertiary/aromatic N) is 2. The summed E-state index contributed by atoms with van der Waals surface area (Å²) in [4.78, 5) is 32.2. The van der Waals surface area contributed by atoms with Gasteiger partial charge in [-0.25, -0.2) is 4.98 Å².